The highest BCUT2D eigenvalue weighted by atomic mass is 19.1. The third-order valence-electron chi connectivity index (χ3n) is 2.61. The lowest BCUT2D eigenvalue weighted by molar-refractivity contribution is 0.0390. The van der Waals surface area contributed by atoms with Crippen LogP contribution in [0.4, 0.5) is 4.39 Å². The number of aliphatic hydroxyl groups is 1. The molecule has 0 fully saturated rings. The Morgan fingerprint density at radius 3 is 2.60 bits per heavy atom. The van der Waals surface area contributed by atoms with Crippen LogP contribution in [0.5, 0.6) is 0 Å². The van der Waals surface area contributed by atoms with E-state index in [2.05, 4.69) is 0 Å². The van der Waals surface area contributed by atoms with Crippen molar-refractivity contribution in [3.8, 4) is 0 Å². The first-order chi connectivity index (χ1) is 6.88. The van der Waals surface area contributed by atoms with E-state index in [1.807, 2.05) is 0 Å². The van der Waals surface area contributed by atoms with Crippen molar-refractivity contribution < 1.29 is 14.3 Å². The molecule has 1 unspecified atom stereocenters. The highest BCUT2D eigenvalue weighted by molar-refractivity contribution is 6.03. The summed E-state index contributed by atoms with van der Waals surface area (Å²) in [6.07, 6.45) is 0.336. The van der Waals surface area contributed by atoms with Crippen LogP contribution in [0.1, 0.15) is 36.2 Å². The Hall–Kier alpha value is -1.22. The molecule has 0 radical (unpaired) electrons. The highest BCUT2D eigenvalue weighted by Crippen LogP contribution is 2.20. The van der Waals surface area contributed by atoms with Crippen molar-refractivity contribution in [2.75, 3.05) is 0 Å². The third-order valence-corrected chi connectivity index (χ3v) is 2.61. The van der Waals surface area contributed by atoms with Crippen LogP contribution in [0.2, 0.25) is 0 Å². The van der Waals surface area contributed by atoms with Gasteiger partial charge in [-0.05, 0) is 44.0 Å². The molecule has 0 bridgehead atoms. The molecule has 1 N–H and O–H groups in total. The molecule has 0 saturated heterocycles. The second kappa shape index (κ2) is 4.11. The van der Waals surface area contributed by atoms with E-state index >= 15 is 0 Å². The van der Waals surface area contributed by atoms with Crippen molar-refractivity contribution in [2.45, 2.75) is 32.8 Å². The lowest BCUT2D eigenvalue weighted by Crippen LogP contribution is -2.34. The number of aryl methyl sites for hydroxylation is 1. The molecule has 1 aromatic rings. The average molecular weight is 210 g/mol. The molecule has 1 aromatic carbocycles. The molecule has 0 aliphatic carbocycles. The molecule has 0 saturated carbocycles. The summed E-state index contributed by atoms with van der Waals surface area (Å²) in [4.78, 5) is 11.9. The molecule has 0 aliphatic rings. The minimum atomic E-state index is -1.37. The van der Waals surface area contributed by atoms with E-state index < -0.39 is 5.60 Å². The number of hydrogen-bond donors (Lipinski definition) is 1. The lowest BCUT2D eigenvalue weighted by atomic mass is 9.90. The molecule has 1 rings (SSSR count). The van der Waals surface area contributed by atoms with Gasteiger partial charge in [0.2, 0.25) is 0 Å². The number of benzene rings is 1. The van der Waals surface area contributed by atoms with Gasteiger partial charge in [-0.1, -0.05) is 6.92 Å². The number of Topliss-reactive ketones (excluding diaryl/α,β-unsaturated/α-hetero) is 1. The van der Waals surface area contributed by atoms with E-state index in [-0.39, 0.29) is 11.6 Å². The van der Waals surface area contributed by atoms with E-state index in [1.54, 1.807) is 13.8 Å². The molecular weight excluding hydrogens is 195 g/mol. The molecule has 1 atom stereocenters. The van der Waals surface area contributed by atoms with E-state index in [1.165, 1.54) is 25.1 Å². The summed E-state index contributed by atoms with van der Waals surface area (Å²) in [7, 11) is 0. The second-order valence-electron chi connectivity index (χ2n) is 3.92. The summed E-state index contributed by atoms with van der Waals surface area (Å²) in [6, 6.07) is 3.93. The van der Waals surface area contributed by atoms with E-state index in [0.717, 1.165) is 0 Å². The molecule has 82 valence electrons. The Morgan fingerprint density at radius 1 is 1.53 bits per heavy atom. The van der Waals surface area contributed by atoms with Crippen LogP contribution in [-0.2, 0) is 0 Å². The summed E-state index contributed by atoms with van der Waals surface area (Å²) in [5.74, 6) is -0.734. The van der Waals surface area contributed by atoms with E-state index in [0.29, 0.717) is 17.5 Å². The van der Waals surface area contributed by atoms with Gasteiger partial charge in [-0.2, -0.15) is 0 Å². The minimum Gasteiger partial charge on any atom is -0.382 e. The van der Waals surface area contributed by atoms with Gasteiger partial charge in [0.25, 0.3) is 0 Å². The summed E-state index contributed by atoms with van der Waals surface area (Å²) in [5, 5.41) is 9.80. The Labute approximate surface area is 88.7 Å². The first-order valence-corrected chi connectivity index (χ1v) is 4.92. The number of carbonyl (C=O) groups excluding carboxylic acids is 1. The Morgan fingerprint density at radius 2 is 2.13 bits per heavy atom. The van der Waals surface area contributed by atoms with Gasteiger partial charge in [0.15, 0.2) is 5.78 Å². The predicted molar refractivity (Wildman–Crippen MR) is 56.4 cm³/mol. The molecule has 0 aliphatic heterocycles. The van der Waals surface area contributed by atoms with Crippen LogP contribution in [0.25, 0.3) is 0 Å². The van der Waals surface area contributed by atoms with Crippen molar-refractivity contribution >= 4 is 5.78 Å². The van der Waals surface area contributed by atoms with Gasteiger partial charge in [0.05, 0.1) is 0 Å². The monoisotopic (exact) mass is 210 g/mol. The van der Waals surface area contributed by atoms with Crippen molar-refractivity contribution in [1.82, 2.24) is 0 Å². The Kier molecular flexibility index (Phi) is 3.25. The van der Waals surface area contributed by atoms with Crippen LogP contribution >= 0.6 is 0 Å². The second-order valence-corrected chi connectivity index (χ2v) is 3.92. The topological polar surface area (TPSA) is 37.3 Å². The minimum absolute atomic E-state index is 0.336. The van der Waals surface area contributed by atoms with E-state index in [9.17, 15) is 14.3 Å². The first kappa shape index (κ1) is 11.9. The normalized spacial score (nSPS) is 14.7. The number of ketones is 1. The van der Waals surface area contributed by atoms with Gasteiger partial charge < -0.3 is 5.11 Å². The fourth-order valence-corrected chi connectivity index (χ4v) is 1.33. The molecule has 0 heterocycles. The average Bonchev–Trinajstić information content (AvgIpc) is 2.17. The summed E-state index contributed by atoms with van der Waals surface area (Å²) < 4.78 is 12.8. The van der Waals surface area contributed by atoms with Gasteiger partial charge in [-0.15, -0.1) is 0 Å². The van der Waals surface area contributed by atoms with Crippen LogP contribution in [0, 0.1) is 12.7 Å². The van der Waals surface area contributed by atoms with Crippen LogP contribution in [-0.4, -0.2) is 16.5 Å². The summed E-state index contributed by atoms with van der Waals surface area (Å²) in [5.41, 5.74) is -0.445. The number of hydrogen-bond acceptors (Lipinski definition) is 2. The highest BCUT2D eigenvalue weighted by Gasteiger charge is 2.29. The largest absolute Gasteiger partial charge is 0.382 e. The van der Waals surface area contributed by atoms with E-state index in [4.69, 9.17) is 0 Å². The maximum atomic E-state index is 12.8. The molecule has 15 heavy (non-hydrogen) atoms. The smallest absolute Gasteiger partial charge is 0.194 e. The lowest BCUT2D eigenvalue weighted by Gasteiger charge is -2.20. The fraction of sp³-hybridized carbons (Fsp3) is 0.417. The number of rotatable bonds is 3. The predicted octanol–water partition coefficient (Wildman–Crippen LogP) is 2.48. The number of carbonyl (C=O) groups is 1. The fourth-order valence-electron chi connectivity index (χ4n) is 1.33. The molecule has 0 spiro atoms. The van der Waals surface area contributed by atoms with Crippen molar-refractivity contribution in [3.63, 3.8) is 0 Å². The zero-order chi connectivity index (χ0) is 11.6. The Balaban J connectivity index is 3.12. The molecule has 0 amide bonds. The SMILES string of the molecule is CCC(C)(O)C(=O)c1ccc(F)cc1C. The molecule has 3 heteroatoms. The Bertz CT molecular complexity index is 383. The van der Waals surface area contributed by atoms with Gasteiger partial charge in [-0.25, -0.2) is 4.39 Å². The zero-order valence-electron chi connectivity index (χ0n) is 9.17. The van der Waals surface area contributed by atoms with Gasteiger partial charge in [0, 0.05) is 5.56 Å². The van der Waals surface area contributed by atoms with Crippen molar-refractivity contribution in [1.29, 1.82) is 0 Å². The summed E-state index contributed by atoms with van der Waals surface area (Å²) >= 11 is 0. The van der Waals surface area contributed by atoms with Crippen molar-refractivity contribution in [3.05, 3.63) is 35.1 Å². The van der Waals surface area contributed by atoms with Crippen LogP contribution in [0.3, 0.4) is 0 Å². The summed E-state index contributed by atoms with van der Waals surface area (Å²) in [6.45, 7) is 4.86. The number of halogens is 1. The van der Waals surface area contributed by atoms with Gasteiger partial charge in [-0.3, -0.25) is 4.79 Å². The standard InChI is InChI=1S/C12H15FO2/c1-4-12(3,15)11(14)10-6-5-9(13)7-8(10)2/h5-7,15H,4H2,1-3H3. The molecule has 2 nitrogen and oxygen atoms in total. The maximum Gasteiger partial charge on any atom is 0.194 e. The quantitative estimate of drug-likeness (QED) is 0.778. The maximum absolute atomic E-state index is 12.8. The molecule has 0 aromatic heterocycles. The molecular formula is C12H15FO2. The zero-order valence-corrected chi connectivity index (χ0v) is 9.17. The first-order valence-electron chi connectivity index (χ1n) is 4.92. The van der Waals surface area contributed by atoms with Crippen LogP contribution in [0.15, 0.2) is 18.2 Å². The van der Waals surface area contributed by atoms with Crippen LogP contribution < -0.4 is 0 Å². The third kappa shape index (κ3) is 2.42. The van der Waals surface area contributed by atoms with Gasteiger partial charge in [0.1, 0.15) is 11.4 Å². The van der Waals surface area contributed by atoms with Gasteiger partial charge >= 0.3 is 0 Å². The van der Waals surface area contributed by atoms with Crippen molar-refractivity contribution in [2.24, 2.45) is 0 Å².